The van der Waals surface area contributed by atoms with Gasteiger partial charge in [-0.15, -0.1) is 11.6 Å². The number of furan rings is 1. The highest BCUT2D eigenvalue weighted by Crippen LogP contribution is 2.48. The molecule has 0 radical (unpaired) electrons. The normalized spacial score (nSPS) is 31.0. The number of amides is 9. The number of carbonyl (C=O) groups is 9. The smallest absolute Gasteiger partial charge is 0.415 e. The fourth-order valence-electron chi connectivity index (χ4n) is 16.7. The molecule has 9 amide bonds. The van der Waals surface area contributed by atoms with Crippen LogP contribution in [0.15, 0.2) is 83.5 Å². The Kier molecular flexibility index (Phi) is 31.0. The topological polar surface area (TPSA) is 601 Å². The highest BCUT2D eigenvalue weighted by atomic mass is 35.5. The van der Waals surface area contributed by atoms with Crippen LogP contribution in [0.3, 0.4) is 0 Å². The number of aliphatic hydroxyl groups excluding tert-OH is 12. The van der Waals surface area contributed by atoms with Crippen LogP contribution >= 0.6 is 11.6 Å². The van der Waals surface area contributed by atoms with Gasteiger partial charge < -0.3 is 164 Å². The first-order chi connectivity index (χ1) is 59.9. The van der Waals surface area contributed by atoms with E-state index >= 15 is 4.79 Å². The molecular formula is C82H108ClN11O32. The lowest BCUT2D eigenvalue weighted by Crippen LogP contribution is -2.71. The number of nitrogens with zero attached hydrogens (tertiary/aromatic N) is 5. The second-order valence-electron chi connectivity index (χ2n) is 33.0. The summed E-state index contributed by atoms with van der Waals surface area (Å²) in [6.07, 6.45) is -34.5. The summed E-state index contributed by atoms with van der Waals surface area (Å²) >= 11 is 6.74. The standard InChI is InChI=1S/C82H108ClN11O32/c1-35-13-12-15-44-48(25-46-58(57(35)44)42(26-83)27-94(46)75(112)45-29-93-28-43(17-18-55(93)89-45)88-74(111)50-23-40-14-10-11-16-47(40)116-50)122-81(115)92(22-21-91(9)80(114)126-82(6,7)8)20-19-56(104)90-61-65(106)64(105)51(31-96)119-77(61)123-70-41(30-95)24-49(59(66(70)107)84-36(2)100)117-71-53(33-98)120-78(62(68(71)109)86-38(4)102)125-73-54(34-99)121-79(63(69(73)110)87-39(5)103)124-72-52(32-97)118-76(113)60(67(72)108)85-37(3)101/h10-18,23,25,28-29,41-42,49,51-54,59-73,76-79,95-99,105-110,113H,19-22,24,26-27,30-34H2,1-9H3,(H,84,100)(H,85,101)(H,86,102)(H,87,103)(H,88,111)(H,90,104)/t41-,42-,49-,51-,52-,53-,54-,59+,60-,61-,62-,63-,64-,65-,66-,67-,68-,69-,70?,71?,72?,73?,76?,77+,78+,79+/m1/s1. The van der Waals surface area contributed by atoms with E-state index in [1.165, 1.54) is 29.1 Å². The number of ether oxygens (including phenoxy) is 10. The molecule has 5 aliphatic heterocycles. The maximum atomic E-state index is 15.1. The van der Waals surface area contributed by atoms with Crippen molar-refractivity contribution in [2.75, 3.05) is 82.4 Å². The maximum Gasteiger partial charge on any atom is 0.415 e. The summed E-state index contributed by atoms with van der Waals surface area (Å²) in [7, 11) is 1.41. The quantitative estimate of drug-likeness (QED) is 0.0212. The minimum absolute atomic E-state index is 0.00445. The molecule has 126 heavy (non-hydrogen) atoms. The van der Waals surface area contributed by atoms with Crippen LogP contribution in [0.2, 0.25) is 0 Å². The highest BCUT2D eigenvalue weighted by Gasteiger charge is 2.58. The first-order valence-corrected chi connectivity index (χ1v) is 41.5. The van der Waals surface area contributed by atoms with Crippen molar-refractivity contribution in [2.45, 2.75) is 227 Å². The Balaban J connectivity index is 0.756. The summed E-state index contributed by atoms with van der Waals surface area (Å²) in [6, 6.07) is 10.3. The van der Waals surface area contributed by atoms with E-state index in [9.17, 15) is 99.6 Å². The number of rotatable bonds is 29. The number of likely N-dealkylation sites (N-methyl/N-ethyl adjacent to an activating group) is 1. The van der Waals surface area contributed by atoms with Gasteiger partial charge >= 0.3 is 12.2 Å². The fraction of sp³-hybridized carbons (Fsp3) is 0.585. The molecule has 5 fully saturated rings. The third-order valence-corrected chi connectivity index (χ3v) is 23.1. The zero-order valence-electron chi connectivity index (χ0n) is 70.1. The van der Waals surface area contributed by atoms with Crippen LogP contribution in [0.1, 0.15) is 99.4 Å². The van der Waals surface area contributed by atoms with Gasteiger partial charge in [-0.1, -0.05) is 36.4 Å². The first-order valence-electron chi connectivity index (χ1n) is 40.9. The molecule has 6 aromatic rings. The summed E-state index contributed by atoms with van der Waals surface area (Å²) in [5.41, 5.74) is 2.03. The van der Waals surface area contributed by atoms with Gasteiger partial charge in [-0.3, -0.25) is 33.6 Å². The minimum atomic E-state index is -2.05. The molecule has 0 bridgehead atoms. The lowest BCUT2D eigenvalue weighted by Gasteiger charge is -2.51. The van der Waals surface area contributed by atoms with Gasteiger partial charge in [-0.2, -0.15) is 0 Å². The Morgan fingerprint density at radius 2 is 1.14 bits per heavy atom. The third kappa shape index (κ3) is 21.2. The third-order valence-electron chi connectivity index (χ3n) is 22.7. The molecule has 4 saturated heterocycles. The van der Waals surface area contributed by atoms with E-state index in [0.717, 1.165) is 43.5 Å². The summed E-state index contributed by atoms with van der Waals surface area (Å²) < 4.78 is 68.1. The van der Waals surface area contributed by atoms with E-state index in [-0.39, 0.29) is 42.7 Å². The van der Waals surface area contributed by atoms with Gasteiger partial charge in [0.15, 0.2) is 30.9 Å². The summed E-state index contributed by atoms with van der Waals surface area (Å²) in [5.74, 6) is -6.86. The molecular weight excluding hydrogens is 1690 g/mol. The van der Waals surface area contributed by atoms with E-state index in [1.54, 1.807) is 73.8 Å². The van der Waals surface area contributed by atoms with Gasteiger partial charge in [-0.25, -0.2) is 14.6 Å². The predicted molar refractivity (Wildman–Crippen MR) is 436 cm³/mol. The van der Waals surface area contributed by atoms with Crippen LogP contribution in [0.5, 0.6) is 5.75 Å². The van der Waals surface area contributed by atoms with Crippen molar-refractivity contribution < 1.29 is 156 Å². The van der Waals surface area contributed by atoms with Crippen LogP contribution in [-0.4, -0.2) is 359 Å². The van der Waals surface area contributed by atoms with E-state index in [0.29, 0.717) is 38.9 Å². The number of hydrogen-bond acceptors (Lipinski definition) is 33. The zero-order chi connectivity index (χ0) is 91.4. The number of aromatic nitrogens is 2. The highest BCUT2D eigenvalue weighted by molar-refractivity contribution is 6.19. The number of aliphatic hydroxyl groups is 12. The van der Waals surface area contributed by atoms with Gasteiger partial charge in [0.1, 0.15) is 132 Å². The Hall–Kier alpha value is -9.53. The van der Waals surface area contributed by atoms with Crippen LogP contribution in [0.4, 0.5) is 21.0 Å². The summed E-state index contributed by atoms with van der Waals surface area (Å²) in [5, 5.41) is 153. The van der Waals surface area contributed by atoms with Gasteiger partial charge in [0, 0.05) is 121 Å². The number of alkyl halides is 1. The summed E-state index contributed by atoms with van der Waals surface area (Å²) in [6.45, 7) is 5.24. The van der Waals surface area contributed by atoms with E-state index in [4.69, 9.17) is 63.4 Å². The number of fused-ring (bicyclic) bond motifs is 5. The van der Waals surface area contributed by atoms with Crippen molar-refractivity contribution >= 4 is 104 Å². The monoisotopic (exact) mass is 1790 g/mol. The molecule has 690 valence electrons. The molecule has 1 saturated carbocycles. The molecule has 5 unspecified atom stereocenters. The van der Waals surface area contributed by atoms with Crippen molar-refractivity contribution in [3.63, 3.8) is 0 Å². The van der Waals surface area contributed by atoms with Gasteiger partial charge in [-0.05, 0) is 74.9 Å². The average molecular weight is 1800 g/mol. The molecule has 3 aromatic carbocycles. The Labute approximate surface area is 725 Å². The van der Waals surface area contributed by atoms with Crippen molar-refractivity contribution in [3.05, 3.63) is 102 Å². The number of hydrogen-bond donors (Lipinski definition) is 18. The molecule has 3 aromatic heterocycles. The predicted octanol–water partition coefficient (Wildman–Crippen LogP) is -2.71. The van der Waals surface area contributed by atoms with Gasteiger partial charge in [0.05, 0.1) is 56.1 Å². The number of anilines is 2. The van der Waals surface area contributed by atoms with Crippen molar-refractivity contribution in [1.29, 1.82) is 0 Å². The second-order valence-corrected chi connectivity index (χ2v) is 33.3. The van der Waals surface area contributed by atoms with Crippen LogP contribution in [0.25, 0.3) is 27.4 Å². The molecule has 8 heterocycles. The van der Waals surface area contributed by atoms with E-state index in [2.05, 4.69) is 36.9 Å². The Bertz CT molecular complexity index is 4870. The molecule has 1 aliphatic carbocycles. The number of pyridine rings is 1. The van der Waals surface area contributed by atoms with Gasteiger partial charge in [0.2, 0.25) is 29.5 Å². The number of imidazole rings is 1. The first kappa shape index (κ1) is 95.6. The van der Waals surface area contributed by atoms with Crippen LogP contribution < -0.4 is 41.5 Å². The van der Waals surface area contributed by atoms with Crippen LogP contribution in [-0.2, 0) is 66.6 Å². The molecule has 43 nitrogen and oxygen atoms in total. The minimum Gasteiger partial charge on any atom is -0.451 e. The number of para-hydroxylation sites is 1. The lowest BCUT2D eigenvalue weighted by molar-refractivity contribution is -0.354. The largest absolute Gasteiger partial charge is 0.451 e. The molecule has 18 N–H and O–H groups in total. The molecule has 26 atom stereocenters. The Morgan fingerprint density at radius 1 is 0.587 bits per heavy atom. The number of nitrogens with one attached hydrogen (secondary N) is 6. The molecule has 12 rings (SSSR count). The van der Waals surface area contributed by atoms with E-state index < -0.39 is 270 Å². The fourth-order valence-corrected chi connectivity index (χ4v) is 16.9. The summed E-state index contributed by atoms with van der Waals surface area (Å²) in [4.78, 5) is 131. The SMILES string of the molecule is CC(=O)N[C@H]1[C@H](OC2[C@@H](CO)O[C@@H](OC3[C@@H](CO)OC(O)[C@H](NC(C)=O)[C@H]3O)[C@H](NC(C)=O)[C@H]2O)O[C@H](CO)C(O[C@@H]2C[C@H](CO)C(O[C@@H]3O[C@H](CO)[C@@H](O)[C@H](O)[C@H]3NC(=O)CCN(CCN(C)C(=O)OC(C)(C)C)C(=O)Oc3cc4c(c5c(C)cccc35)[C@H](CCl)CN4C(=O)c3cn4cc(NC(=O)c5cc6ccccc6o5)ccc4n3)[C@H](O)[C@H]2NC(C)=O)[C@@H]1O. The molecule has 44 heteroatoms. The molecule has 0 spiro atoms. The zero-order valence-corrected chi connectivity index (χ0v) is 70.9. The second kappa shape index (κ2) is 40.8. The number of aryl methyl sites for hydroxylation is 1. The van der Waals surface area contributed by atoms with Crippen molar-refractivity contribution in [1.82, 2.24) is 45.8 Å². The maximum absolute atomic E-state index is 15.1. The number of carbonyl (C=O) groups excluding carboxylic acids is 9. The Morgan fingerprint density at radius 3 is 1.73 bits per heavy atom. The number of halogens is 1. The van der Waals surface area contributed by atoms with Gasteiger partial charge in [0.25, 0.3) is 11.8 Å². The lowest BCUT2D eigenvalue weighted by atomic mass is 9.79. The van der Waals surface area contributed by atoms with E-state index in [1.807, 2.05) is 25.1 Å². The number of benzene rings is 3. The van der Waals surface area contributed by atoms with Crippen molar-refractivity contribution in [2.24, 2.45) is 5.92 Å². The van der Waals surface area contributed by atoms with Crippen molar-refractivity contribution in [3.8, 4) is 5.75 Å². The van der Waals surface area contributed by atoms with Crippen LogP contribution in [0, 0.1) is 12.8 Å². The average Bonchev–Trinajstić information content (AvgIpc) is 1.58. The molecule has 6 aliphatic rings.